The molecule has 0 saturated heterocycles. The van der Waals surface area contributed by atoms with Gasteiger partial charge in [0.25, 0.3) is 0 Å². The number of nitrogens with one attached hydrogen (secondary N) is 1. The molecule has 1 saturated carbocycles. The van der Waals surface area contributed by atoms with E-state index in [2.05, 4.69) is 25.2 Å². The van der Waals surface area contributed by atoms with E-state index in [9.17, 15) is 0 Å². The summed E-state index contributed by atoms with van der Waals surface area (Å²) in [6, 6.07) is 6.87. The number of ether oxygens (including phenoxy) is 2. The fourth-order valence-electron chi connectivity index (χ4n) is 2.67. The van der Waals surface area contributed by atoms with Gasteiger partial charge in [-0.3, -0.25) is 0 Å². The van der Waals surface area contributed by atoms with Gasteiger partial charge in [-0.15, -0.1) is 0 Å². The maximum Gasteiger partial charge on any atom is 0.123 e. The topological polar surface area (TPSA) is 30.5 Å². The quantitative estimate of drug-likeness (QED) is 0.816. The number of methoxy groups -OCH3 is 2. The zero-order valence-corrected chi connectivity index (χ0v) is 12.4. The van der Waals surface area contributed by atoms with Crippen molar-refractivity contribution in [1.29, 1.82) is 0 Å². The summed E-state index contributed by atoms with van der Waals surface area (Å²) in [5.74, 6) is 2.67. The molecule has 0 heterocycles. The average molecular weight is 263 g/mol. The van der Waals surface area contributed by atoms with Crippen molar-refractivity contribution in [2.24, 2.45) is 5.92 Å². The number of hydrogen-bond acceptors (Lipinski definition) is 3. The Morgan fingerprint density at radius 2 is 2.00 bits per heavy atom. The molecule has 0 aromatic heterocycles. The van der Waals surface area contributed by atoms with Crippen LogP contribution in [0.15, 0.2) is 18.2 Å². The van der Waals surface area contributed by atoms with Crippen LogP contribution >= 0.6 is 0 Å². The van der Waals surface area contributed by atoms with E-state index in [4.69, 9.17) is 9.47 Å². The van der Waals surface area contributed by atoms with Gasteiger partial charge in [-0.2, -0.15) is 0 Å². The number of hydrogen-bond donors (Lipinski definition) is 1. The summed E-state index contributed by atoms with van der Waals surface area (Å²) in [5, 5.41) is 3.74. The molecule has 2 rings (SSSR count). The maximum absolute atomic E-state index is 5.46. The molecule has 3 heteroatoms. The van der Waals surface area contributed by atoms with Crippen molar-refractivity contribution in [2.45, 2.75) is 45.2 Å². The summed E-state index contributed by atoms with van der Waals surface area (Å²) in [7, 11) is 3.42. The molecule has 1 N–H and O–H groups in total. The molecule has 106 valence electrons. The van der Waals surface area contributed by atoms with Crippen LogP contribution in [0.1, 0.15) is 44.7 Å². The van der Waals surface area contributed by atoms with Gasteiger partial charge in [-0.1, -0.05) is 6.92 Å². The van der Waals surface area contributed by atoms with E-state index in [1.165, 1.54) is 24.8 Å². The van der Waals surface area contributed by atoms with Crippen LogP contribution in [-0.4, -0.2) is 20.3 Å². The van der Waals surface area contributed by atoms with E-state index >= 15 is 0 Å². The predicted octanol–water partition coefficient (Wildman–Crippen LogP) is 3.54. The van der Waals surface area contributed by atoms with Gasteiger partial charge in [0, 0.05) is 17.6 Å². The highest BCUT2D eigenvalue weighted by molar-refractivity contribution is 5.42. The highest BCUT2D eigenvalue weighted by atomic mass is 16.5. The molecule has 0 spiro atoms. The monoisotopic (exact) mass is 263 g/mol. The normalized spacial score (nSPS) is 17.9. The molecule has 1 aliphatic carbocycles. The minimum absolute atomic E-state index is 0.274. The number of rotatable bonds is 7. The van der Waals surface area contributed by atoms with Gasteiger partial charge in [0.05, 0.1) is 14.2 Å². The molecule has 0 amide bonds. The van der Waals surface area contributed by atoms with E-state index in [1.54, 1.807) is 14.2 Å². The lowest BCUT2D eigenvalue weighted by molar-refractivity contribution is 0.372. The van der Waals surface area contributed by atoms with Gasteiger partial charge in [0.2, 0.25) is 0 Å². The molecular formula is C16H25NO2. The van der Waals surface area contributed by atoms with Crippen LogP contribution in [0.25, 0.3) is 0 Å². The second-order valence-corrected chi connectivity index (χ2v) is 5.35. The van der Waals surface area contributed by atoms with E-state index in [0.29, 0.717) is 6.04 Å². The minimum Gasteiger partial charge on any atom is -0.497 e. The lowest BCUT2D eigenvalue weighted by atomic mass is 10.0. The predicted molar refractivity (Wildman–Crippen MR) is 77.9 cm³/mol. The zero-order valence-electron chi connectivity index (χ0n) is 12.4. The fraction of sp³-hybridized carbons (Fsp3) is 0.625. The lowest BCUT2D eigenvalue weighted by Gasteiger charge is -2.24. The van der Waals surface area contributed by atoms with E-state index in [-0.39, 0.29) is 6.04 Å². The SMILES string of the molecule is CCC(NC(C)c1cc(OC)ccc1OC)C1CC1. The second kappa shape index (κ2) is 6.29. The molecular weight excluding hydrogens is 238 g/mol. The summed E-state index contributed by atoms with van der Waals surface area (Å²) in [4.78, 5) is 0. The molecule has 0 bridgehead atoms. The Morgan fingerprint density at radius 1 is 1.26 bits per heavy atom. The highest BCUT2D eigenvalue weighted by Gasteiger charge is 2.31. The van der Waals surface area contributed by atoms with Crippen molar-refractivity contribution in [1.82, 2.24) is 5.32 Å². The summed E-state index contributed by atoms with van der Waals surface area (Å²) in [6.45, 7) is 4.45. The molecule has 1 fully saturated rings. The van der Waals surface area contributed by atoms with E-state index in [1.807, 2.05) is 12.1 Å². The number of benzene rings is 1. The van der Waals surface area contributed by atoms with Gasteiger partial charge in [-0.05, 0) is 50.3 Å². The smallest absolute Gasteiger partial charge is 0.123 e. The Labute approximate surface area is 116 Å². The van der Waals surface area contributed by atoms with Crippen molar-refractivity contribution in [3.05, 3.63) is 23.8 Å². The van der Waals surface area contributed by atoms with Crippen molar-refractivity contribution in [3.63, 3.8) is 0 Å². The Balaban J connectivity index is 2.13. The molecule has 1 aromatic carbocycles. The standard InChI is InChI=1S/C16H25NO2/c1-5-15(12-6-7-12)17-11(2)14-10-13(18-3)8-9-16(14)19-4/h8-12,15,17H,5-7H2,1-4H3. The first-order valence-corrected chi connectivity index (χ1v) is 7.17. The van der Waals surface area contributed by atoms with Crippen LogP contribution in [0.5, 0.6) is 11.5 Å². The molecule has 3 nitrogen and oxygen atoms in total. The zero-order chi connectivity index (χ0) is 13.8. The van der Waals surface area contributed by atoms with Gasteiger partial charge in [-0.25, -0.2) is 0 Å². The van der Waals surface area contributed by atoms with Gasteiger partial charge < -0.3 is 14.8 Å². The van der Waals surface area contributed by atoms with E-state index < -0.39 is 0 Å². The van der Waals surface area contributed by atoms with Crippen LogP contribution in [0.3, 0.4) is 0 Å². The summed E-state index contributed by atoms with van der Waals surface area (Å²) in [5.41, 5.74) is 1.17. The van der Waals surface area contributed by atoms with Crippen LogP contribution in [-0.2, 0) is 0 Å². The largest absolute Gasteiger partial charge is 0.497 e. The van der Waals surface area contributed by atoms with Gasteiger partial charge >= 0.3 is 0 Å². The van der Waals surface area contributed by atoms with Crippen molar-refractivity contribution < 1.29 is 9.47 Å². The maximum atomic E-state index is 5.46. The molecule has 2 atom stereocenters. The first-order valence-electron chi connectivity index (χ1n) is 7.17. The van der Waals surface area contributed by atoms with Gasteiger partial charge in [0.1, 0.15) is 11.5 Å². The van der Waals surface area contributed by atoms with Crippen molar-refractivity contribution in [3.8, 4) is 11.5 Å². The summed E-state index contributed by atoms with van der Waals surface area (Å²) >= 11 is 0. The molecule has 2 unspecified atom stereocenters. The third-order valence-electron chi connectivity index (χ3n) is 4.00. The van der Waals surface area contributed by atoms with Crippen LogP contribution in [0, 0.1) is 5.92 Å². The second-order valence-electron chi connectivity index (χ2n) is 5.35. The van der Waals surface area contributed by atoms with Crippen LogP contribution in [0.4, 0.5) is 0 Å². The van der Waals surface area contributed by atoms with Crippen molar-refractivity contribution in [2.75, 3.05) is 14.2 Å². The Hall–Kier alpha value is -1.22. The molecule has 1 aliphatic rings. The molecule has 0 aliphatic heterocycles. The average Bonchev–Trinajstić information content (AvgIpc) is 3.28. The van der Waals surface area contributed by atoms with Crippen LogP contribution < -0.4 is 14.8 Å². The van der Waals surface area contributed by atoms with Crippen LogP contribution in [0.2, 0.25) is 0 Å². The lowest BCUT2D eigenvalue weighted by Crippen LogP contribution is -2.32. The van der Waals surface area contributed by atoms with Gasteiger partial charge in [0.15, 0.2) is 0 Å². The fourth-order valence-corrected chi connectivity index (χ4v) is 2.67. The Kier molecular flexibility index (Phi) is 4.70. The Bertz CT molecular complexity index is 415. The first-order chi connectivity index (χ1) is 9.19. The summed E-state index contributed by atoms with van der Waals surface area (Å²) in [6.07, 6.45) is 3.92. The molecule has 1 aromatic rings. The Morgan fingerprint density at radius 3 is 2.53 bits per heavy atom. The highest BCUT2D eigenvalue weighted by Crippen LogP contribution is 2.36. The van der Waals surface area contributed by atoms with E-state index in [0.717, 1.165) is 17.4 Å². The summed E-state index contributed by atoms with van der Waals surface area (Å²) < 4.78 is 10.8. The van der Waals surface area contributed by atoms with Crippen molar-refractivity contribution >= 4 is 0 Å². The molecule has 0 radical (unpaired) electrons. The first kappa shape index (κ1) is 14.2. The third kappa shape index (κ3) is 3.41. The third-order valence-corrected chi connectivity index (χ3v) is 4.00. The minimum atomic E-state index is 0.274. The molecule has 19 heavy (non-hydrogen) atoms.